The third-order valence-electron chi connectivity index (χ3n) is 3.23. The van der Waals surface area contributed by atoms with Crippen molar-refractivity contribution in [1.29, 1.82) is 0 Å². The van der Waals surface area contributed by atoms with Gasteiger partial charge in [0.1, 0.15) is 12.2 Å². The zero-order chi connectivity index (χ0) is 22.2. The van der Waals surface area contributed by atoms with Gasteiger partial charge in [-0.15, -0.1) is 0 Å². The Bertz CT molecular complexity index is 1010. The summed E-state index contributed by atoms with van der Waals surface area (Å²) in [5.74, 6) is 0. The van der Waals surface area contributed by atoms with Crippen LogP contribution in [0.5, 0.6) is 0 Å². The van der Waals surface area contributed by atoms with Gasteiger partial charge in [0.15, 0.2) is 17.2 Å². The first-order chi connectivity index (χ1) is 13.1. The van der Waals surface area contributed by atoms with E-state index >= 15 is 0 Å². The van der Waals surface area contributed by atoms with Gasteiger partial charge in [0, 0.05) is 12.3 Å². The Morgan fingerprint density at radius 3 is 2.38 bits per heavy atom. The van der Waals surface area contributed by atoms with Gasteiger partial charge in [0.25, 0.3) is 5.56 Å². The summed E-state index contributed by atoms with van der Waals surface area (Å²) in [6.07, 6.45) is -6.09. The molecule has 166 valence electrons. The normalized spacial score (nSPS) is 29.3. The third-order valence-corrected chi connectivity index (χ3v) is 7.35. The van der Waals surface area contributed by atoms with Gasteiger partial charge in [0.05, 0.1) is 6.61 Å². The molecule has 1 aromatic rings. The van der Waals surface area contributed by atoms with Crippen LogP contribution >= 0.6 is 35.7 Å². The van der Waals surface area contributed by atoms with E-state index in [1.165, 1.54) is 0 Å². The van der Waals surface area contributed by atoms with Crippen LogP contribution in [0, 0.1) is 4.77 Å². The summed E-state index contributed by atoms with van der Waals surface area (Å²) in [7, 11) is -16.8. The number of hydrogen-bond donors (Lipinski definition) is 6. The van der Waals surface area contributed by atoms with Crippen molar-refractivity contribution in [2.24, 2.45) is 0 Å². The average Bonchev–Trinajstić information content (AvgIpc) is 2.78. The van der Waals surface area contributed by atoms with Crippen LogP contribution in [0.1, 0.15) is 6.23 Å². The number of alkyl halides is 1. The summed E-state index contributed by atoms with van der Waals surface area (Å²) in [5.41, 5.74) is -0.570. The van der Waals surface area contributed by atoms with Gasteiger partial charge >= 0.3 is 23.5 Å². The minimum Gasteiger partial charge on any atom is -0.385 e. The van der Waals surface area contributed by atoms with Crippen LogP contribution in [0.4, 0.5) is 4.39 Å². The Morgan fingerprint density at radius 1 is 1.21 bits per heavy atom. The highest BCUT2D eigenvalue weighted by molar-refractivity contribution is 7.71. The van der Waals surface area contributed by atoms with E-state index in [9.17, 15) is 32.9 Å². The van der Waals surface area contributed by atoms with Crippen molar-refractivity contribution in [2.45, 2.75) is 24.6 Å². The van der Waals surface area contributed by atoms with Crippen LogP contribution < -0.4 is 5.56 Å². The van der Waals surface area contributed by atoms with E-state index < -0.39 is 60.2 Å². The van der Waals surface area contributed by atoms with E-state index in [0.717, 1.165) is 16.8 Å². The molecule has 6 N–H and O–H groups in total. The van der Waals surface area contributed by atoms with Crippen molar-refractivity contribution in [1.82, 2.24) is 9.55 Å². The van der Waals surface area contributed by atoms with Gasteiger partial charge in [-0.1, -0.05) is 0 Å². The maximum Gasteiger partial charge on any atom is 0.490 e. The number of aromatic nitrogens is 2. The van der Waals surface area contributed by atoms with Crippen LogP contribution in [0.25, 0.3) is 0 Å². The van der Waals surface area contributed by atoms with E-state index in [2.05, 4.69) is 18.1 Å². The number of H-pyrrole nitrogens is 1. The fourth-order valence-electron chi connectivity index (χ4n) is 2.17. The summed E-state index contributed by atoms with van der Waals surface area (Å²) in [6.45, 7) is -1.10. The fourth-order valence-corrected chi connectivity index (χ4v) is 5.47. The van der Waals surface area contributed by atoms with Gasteiger partial charge in [-0.3, -0.25) is 18.9 Å². The van der Waals surface area contributed by atoms with Gasteiger partial charge in [-0.25, -0.2) is 18.1 Å². The molecule has 1 saturated heterocycles. The maximum absolute atomic E-state index is 14.2. The van der Waals surface area contributed by atoms with Crippen molar-refractivity contribution >= 4 is 35.7 Å². The average molecular weight is 502 g/mol. The molecule has 1 fully saturated rings. The number of rotatable bonds is 8. The van der Waals surface area contributed by atoms with E-state index in [1.54, 1.807) is 0 Å². The zero-order valence-electron chi connectivity index (χ0n) is 13.7. The van der Waals surface area contributed by atoms with Crippen LogP contribution in [-0.4, -0.2) is 59.2 Å². The highest BCUT2D eigenvalue weighted by Crippen LogP contribution is 2.66. The lowest BCUT2D eigenvalue weighted by Gasteiger charge is -2.19. The number of ether oxygens (including phenoxy) is 1. The molecule has 1 aliphatic rings. The van der Waals surface area contributed by atoms with Gasteiger partial charge in [-0.05, 0) is 12.2 Å². The van der Waals surface area contributed by atoms with Gasteiger partial charge < -0.3 is 29.4 Å². The van der Waals surface area contributed by atoms with Crippen LogP contribution in [0.3, 0.4) is 0 Å². The third kappa shape index (κ3) is 6.94. The molecule has 29 heavy (non-hydrogen) atoms. The number of aromatic amines is 1. The van der Waals surface area contributed by atoms with Crippen molar-refractivity contribution in [2.75, 3.05) is 6.61 Å². The molecule has 0 aromatic carbocycles. The van der Waals surface area contributed by atoms with E-state index in [-0.39, 0.29) is 4.77 Å². The molecule has 1 aromatic heterocycles. The number of halogens is 1. The summed E-state index contributed by atoms with van der Waals surface area (Å²) in [4.78, 5) is 48.6. The number of nitrogens with one attached hydrogen (secondary N) is 1. The molecule has 2 unspecified atom stereocenters. The van der Waals surface area contributed by atoms with E-state index in [0.29, 0.717) is 0 Å². The highest BCUT2D eigenvalue weighted by Gasteiger charge is 2.47. The van der Waals surface area contributed by atoms with Crippen LogP contribution in [-0.2, 0) is 31.6 Å². The lowest BCUT2D eigenvalue weighted by molar-refractivity contribution is -0.0521. The summed E-state index contributed by atoms with van der Waals surface area (Å²) in [5, 5.41) is 9.95. The van der Waals surface area contributed by atoms with Crippen molar-refractivity contribution < 1.29 is 60.6 Å². The molecule has 0 bridgehead atoms. The molecule has 0 amide bonds. The molecular weight excluding hydrogens is 488 g/mol. The predicted molar refractivity (Wildman–Crippen MR) is 90.5 cm³/mol. The fraction of sp³-hybridized carbons (Fsp3) is 0.556. The van der Waals surface area contributed by atoms with E-state index in [1.807, 2.05) is 0 Å². The second-order valence-corrected chi connectivity index (χ2v) is 10.2. The van der Waals surface area contributed by atoms with Crippen LogP contribution in [0.2, 0.25) is 0 Å². The molecule has 2 heterocycles. The maximum atomic E-state index is 14.2. The molecule has 15 nitrogen and oxygen atoms in total. The molecule has 0 aliphatic carbocycles. The molecule has 20 heteroatoms. The van der Waals surface area contributed by atoms with Crippen LogP contribution in [0.15, 0.2) is 17.1 Å². The summed E-state index contributed by atoms with van der Waals surface area (Å²) < 4.78 is 64.9. The Labute approximate surface area is 165 Å². The Balaban J connectivity index is 2.06. The van der Waals surface area contributed by atoms with Gasteiger partial charge in [0.2, 0.25) is 0 Å². The molecule has 0 radical (unpaired) electrons. The molecular formula is C9H14FN2O13P3S. The lowest BCUT2D eigenvalue weighted by Crippen LogP contribution is -2.30. The lowest BCUT2D eigenvalue weighted by atomic mass is 10.1. The topological polar surface area (TPSA) is 227 Å². The Morgan fingerprint density at radius 2 is 1.83 bits per heavy atom. The number of aliphatic hydroxyl groups excluding tert-OH is 1. The first kappa shape index (κ1) is 24.6. The summed E-state index contributed by atoms with van der Waals surface area (Å²) in [6, 6.07) is 1.01. The Hall–Kier alpha value is -0.640. The van der Waals surface area contributed by atoms with Crippen molar-refractivity contribution in [3.63, 3.8) is 0 Å². The largest absolute Gasteiger partial charge is 0.490 e. The van der Waals surface area contributed by atoms with Crippen molar-refractivity contribution in [3.05, 3.63) is 27.4 Å². The minimum atomic E-state index is -5.73. The highest BCUT2D eigenvalue weighted by atomic mass is 32.1. The Kier molecular flexibility index (Phi) is 7.51. The molecule has 1 aliphatic heterocycles. The predicted octanol–water partition coefficient (Wildman–Crippen LogP) is -0.154. The first-order valence-electron chi connectivity index (χ1n) is 7.18. The van der Waals surface area contributed by atoms with Gasteiger partial charge in [-0.2, -0.15) is 8.62 Å². The monoisotopic (exact) mass is 502 g/mol. The van der Waals surface area contributed by atoms with Crippen molar-refractivity contribution in [3.8, 4) is 0 Å². The second-order valence-electron chi connectivity index (χ2n) is 5.40. The molecule has 6 atom stereocenters. The smallest absolute Gasteiger partial charge is 0.385 e. The molecule has 0 saturated carbocycles. The first-order valence-corrected chi connectivity index (χ1v) is 12.1. The minimum absolute atomic E-state index is 0.220. The quantitative estimate of drug-likeness (QED) is 0.201. The number of phosphoric ester groups is 1. The summed E-state index contributed by atoms with van der Waals surface area (Å²) >= 11 is 4.85. The van der Waals surface area contributed by atoms with E-state index in [4.69, 9.17) is 31.6 Å². The second kappa shape index (κ2) is 8.85. The number of aliphatic hydroxyl groups is 1. The number of phosphoric acid groups is 3. The SMILES string of the molecule is O=c1ccn([C@@H]2O[C@H](COP(=O)(O)OP(=O)(O)OP(=O)(O)O)[C@H](F)[C@@H]2O)c(=S)[nH]1. The number of hydrogen-bond acceptors (Lipinski definition) is 10. The molecule has 0 spiro atoms. The standard InChI is InChI=1S/C9H14FN2O13P3S/c10-6-4(3-22-27(18,19)25-28(20,21)24-26(15,16)17)23-8(7(6)14)12-2-1-5(13)11-9(12)29/h1-2,4,6-8,14H,3H2,(H,18,19)(H,20,21)(H,11,13,29)(H2,15,16,17)/t4-,6+,7+,8-/m1/s1. The zero-order valence-corrected chi connectivity index (χ0v) is 17.2. The molecule has 2 rings (SSSR count). The number of nitrogens with zero attached hydrogens (tertiary/aromatic N) is 1.